The quantitative estimate of drug-likeness (QED) is 0.613. The maximum Gasteiger partial charge on any atom is 0.339 e. The Labute approximate surface area is 117 Å². The lowest BCUT2D eigenvalue weighted by atomic mass is 9.82. The van der Waals surface area contributed by atoms with Crippen LogP contribution in [0.1, 0.15) is 36.0 Å². The monoisotopic (exact) mass is 272 g/mol. The van der Waals surface area contributed by atoms with Crippen molar-refractivity contribution >= 4 is 11.9 Å². The molecule has 4 heteroatoms. The molecule has 104 valence electrons. The van der Waals surface area contributed by atoms with Gasteiger partial charge in [0.05, 0.1) is 5.56 Å². The Morgan fingerprint density at radius 3 is 2.90 bits per heavy atom. The average molecular weight is 272 g/mol. The first kappa shape index (κ1) is 12.9. The number of ether oxygens (including phenoxy) is 2. The standard InChI is InChI=1S/C16H16O4/c17-14-9-11-16(10-5-4-8-13(16)19-14)20-15(18)12-6-2-1-3-7-12/h1-3,5-7,10,13H,4,8-9,11H2/t13-,16-/m0/s1. The van der Waals surface area contributed by atoms with Gasteiger partial charge in [0, 0.05) is 12.8 Å². The SMILES string of the molecule is O=C1CC[C@@]2(OC(=O)c3ccccc3)C=CCC[C@@H]2O1. The molecule has 0 amide bonds. The Balaban J connectivity index is 1.83. The smallest absolute Gasteiger partial charge is 0.339 e. The molecule has 0 saturated carbocycles. The number of carbonyl (C=O) groups excluding carboxylic acids is 2. The molecule has 0 unspecified atom stereocenters. The second-order valence-corrected chi connectivity index (χ2v) is 5.17. The highest BCUT2D eigenvalue weighted by atomic mass is 16.6. The van der Waals surface area contributed by atoms with Crippen molar-refractivity contribution in [2.75, 3.05) is 0 Å². The molecule has 0 bridgehead atoms. The number of carbonyl (C=O) groups is 2. The summed E-state index contributed by atoms with van der Waals surface area (Å²) < 4.78 is 11.1. The van der Waals surface area contributed by atoms with Crippen LogP contribution in [-0.2, 0) is 14.3 Å². The highest BCUT2D eigenvalue weighted by molar-refractivity contribution is 5.90. The zero-order valence-corrected chi connectivity index (χ0v) is 11.1. The number of esters is 2. The predicted molar refractivity (Wildman–Crippen MR) is 72.1 cm³/mol. The van der Waals surface area contributed by atoms with Crippen molar-refractivity contribution in [3.05, 3.63) is 48.0 Å². The van der Waals surface area contributed by atoms with Crippen LogP contribution in [-0.4, -0.2) is 23.6 Å². The highest BCUT2D eigenvalue weighted by Gasteiger charge is 2.47. The van der Waals surface area contributed by atoms with Crippen molar-refractivity contribution in [2.45, 2.75) is 37.4 Å². The van der Waals surface area contributed by atoms with Crippen LogP contribution in [0.4, 0.5) is 0 Å². The lowest BCUT2D eigenvalue weighted by Gasteiger charge is -2.42. The third-order valence-corrected chi connectivity index (χ3v) is 3.83. The summed E-state index contributed by atoms with van der Waals surface area (Å²) >= 11 is 0. The molecule has 4 nitrogen and oxygen atoms in total. The van der Waals surface area contributed by atoms with E-state index in [1.165, 1.54) is 0 Å². The third kappa shape index (κ3) is 2.33. The zero-order chi connectivity index (χ0) is 14.0. The van der Waals surface area contributed by atoms with Gasteiger partial charge in [0.2, 0.25) is 0 Å². The molecule has 1 aromatic rings. The van der Waals surface area contributed by atoms with Gasteiger partial charge in [-0.15, -0.1) is 0 Å². The summed E-state index contributed by atoms with van der Waals surface area (Å²) in [6, 6.07) is 8.87. The van der Waals surface area contributed by atoms with Crippen molar-refractivity contribution in [3.63, 3.8) is 0 Å². The minimum atomic E-state index is -0.793. The minimum absolute atomic E-state index is 0.211. The molecule has 0 N–H and O–H groups in total. The molecule has 1 aliphatic heterocycles. The Morgan fingerprint density at radius 1 is 1.30 bits per heavy atom. The highest BCUT2D eigenvalue weighted by Crippen LogP contribution is 2.37. The molecule has 1 aromatic carbocycles. The molecular formula is C16H16O4. The van der Waals surface area contributed by atoms with Crippen LogP contribution >= 0.6 is 0 Å². The van der Waals surface area contributed by atoms with E-state index in [9.17, 15) is 9.59 Å². The van der Waals surface area contributed by atoms with Gasteiger partial charge in [-0.1, -0.05) is 24.3 Å². The van der Waals surface area contributed by atoms with E-state index in [1.807, 2.05) is 18.2 Å². The van der Waals surface area contributed by atoms with Crippen LogP contribution in [0.3, 0.4) is 0 Å². The maximum atomic E-state index is 12.2. The molecule has 0 aromatic heterocycles. The van der Waals surface area contributed by atoms with Gasteiger partial charge >= 0.3 is 11.9 Å². The molecule has 1 fully saturated rings. The van der Waals surface area contributed by atoms with E-state index in [-0.39, 0.29) is 24.5 Å². The molecule has 1 aliphatic carbocycles. The van der Waals surface area contributed by atoms with Crippen molar-refractivity contribution in [3.8, 4) is 0 Å². The van der Waals surface area contributed by atoms with E-state index < -0.39 is 5.60 Å². The Kier molecular flexibility index (Phi) is 3.30. The van der Waals surface area contributed by atoms with E-state index in [4.69, 9.17) is 9.47 Å². The summed E-state index contributed by atoms with van der Waals surface area (Å²) in [7, 11) is 0. The van der Waals surface area contributed by atoms with E-state index in [0.29, 0.717) is 18.4 Å². The largest absolute Gasteiger partial charge is 0.458 e. The number of hydrogen-bond donors (Lipinski definition) is 0. The second-order valence-electron chi connectivity index (χ2n) is 5.17. The summed E-state index contributed by atoms with van der Waals surface area (Å²) in [5.74, 6) is -0.586. The fraction of sp³-hybridized carbons (Fsp3) is 0.375. The molecule has 3 rings (SSSR count). The fourth-order valence-corrected chi connectivity index (χ4v) is 2.76. The maximum absolute atomic E-state index is 12.2. The number of rotatable bonds is 2. The minimum Gasteiger partial charge on any atom is -0.458 e. The number of benzene rings is 1. The average Bonchev–Trinajstić information content (AvgIpc) is 2.48. The Morgan fingerprint density at radius 2 is 2.10 bits per heavy atom. The van der Waals surface area contributed by atoms with E-state index in [1.54, 1.807) is 24.3 Å². The summed E-state index contributed by atoms with van der Waals surface area (Å²) in [4.78, 5) is 23.7. The number of allylic oxidation sites excluding steroid dienone is 1. The zero-order valence-electron chi connectivity index (χ0n) is 11.1. The molecule has 2 aliphatic rings. The van der Waals surface area contributed by atoms with Crippen molar-refractivity contribution in [2.24, 2.45) is 0 Å². The van der Waals surface area contributed by atoms with Gasteiger partial charge in [-0.05, 0) is 31.1 Å². The van der Waals surface area contributed by atoms with Crippen LogP contribution < -0.4 is 0 Å². The van der Waals surface area contributed by atoms with E-state index >= 15 is 0 Å². The van der Waals surface area contributed by atoms with Gasteiger partial charge in [-0.2, -0.15) is 0 Å². The van der Waals surface area contributed by atoms with Gasteiger partial charge in [0.1, 0.15) is 6.10 Å². The van der Waals surface area contributed by atoms with Crippen molar-refractivity contribution in [1.29, 1.82) is 0 Å². The third-order valence-electron chi connectivity index (χ3n) is 3.83. The van der Waals surface area contributed by atoms with Gasteiger partial charge in [0.25, 0.3) is 0 Å². The Hall–Kier alpha value is -2.10. The summed E-state index contributed by atoms with van der Waals surface area (Å²) in [5.41, 5.74) is -0.282. The molecule has 20 heavy (non-hydrogen) atoms. The van der Waals surface area contributed by atoms with Crippen molar-refractivity contribution in [1.82, 2.24) is 0 Å². The van der Waals surface area contributed by atoms with Crippen LogP contribution in [0.15, 0.2) is 42.5 Å². The predicted octanol–water partition coefficient (Wildman–Crippen LogP) is 2.64. The number of hydrogen-bond acceptors (Lipinski definition) is 4. The van der Waals surface area contributed by atoms with E-state index in [0.717, 1.165) is 6.42 Å². The van der Waals surface area contributed by atoms with Crippen LogP contribution in [0.25, 0.3) is 0 Å². The lowest BCUT2D eigenvalue weighted by Crippen LogP contribution is -2.51. The van der Waals surface area contributed by atoms with E-state index in [2.05, 4.69) is 0 Å². The first-order valence-corrected chi connectivity index (χ1v) is 6.85. The molecule has 1 saturated heterocycles. The van der Waals surface area contributed by atoms with Gasteiger partial charge in [-0.25, -0.2) is 4.79 Å². The molecule has 2 atom stereocenters. The summed E-state index contributed by atoms with van der Waals surface area (Å²) in [6.45, 7) is 0. The summed E-state index contributed by atoms with van der Waals surface area (Å²) in [5, 5.41) is 0. The van der Waals surface area contributed by atoms with Crippen molar-refractivity contribution < 1.29 is 19.1 Å². The molecule has 0 spiro atoms. The Bertz CT molecular complexity index is 549. The topological polar surface area (TPSA) is 52.6 Å². The van der Waals surface area contributed by atoms with Crippen LogP contribution in [0.2, 0.25) is 0 Å². The summed E-state index contributed by atoms with van der Waals surface area (Å²) in [6.07, 6.45) is 5.82. The molecule has 0 radical (unpaired) electrons. The number of fused-ring (bicyclic) bond motifs is 1. The molecular weight excluding hydrogens is 256 g/mol. The second kappa shape index (κ2) is 5.12. The van der Waals surface area contributed by atoms with Crippen LogP contribution in [0.5, 0.6) is 0 Å². The van der Waals surface area contributed by atoms with Gasteiger partial charge < -0.3 is 9.47 Å². The van der Waals surface area contributed by atoms with Crippen LogP contribution in [0, 0.1) is 0 Å². The fourth-order valence-electron chi connectivity index (χ4n) is 2.76. The lowest BCUT2D eigenvalue weighted by molar-refractivity contribution is -0.175. The molecule has 1 heterocycles. The first-order chi connectivity index (χ1) is 9.70. The normalized spacial score (nSPS) is 28.4. The van der Waals surface area contributed by atoms with Gasteiger partial charge in [-0.3, -0.25) is 4.79 Å². The first-order valence-electron chi connectivity index (χ1n) is 6.85. The van der Waals surface area contributed by atoms with Gasteiger partial charge in [0.15, 0.2) is 5.60 Å².